The molecule has 88 valence electrons. The molecular weight excluding hydrogens is 248 g/mol. The summed E-state index contributed by atoms with van der Waals surface area (Å²) in [6.07, 6.45) is 3.38. The van der Waals surface area contributed by atoms with Gasteiger partial charge in [-0.3, -0.25) is 0 Å². The number of hydrogen-bond donors (Lipinski definition) is 2. The molecule has 0 aromatic heterocycles. The van der Waals surface area contributed by atoms with E-state index >= 15 is 0 Å². The van der Waals surface area contributed by atoms with E-state index in [1.54, 1.807) is 6.07 Å². The number of primary sulfonamides is 1. The molecular formula is C10H13ClN2O2S. The quantitative estimate of drug-likeness (QED) is 0.873. The lowest BCUT2D eigenvalue weighted by molar-refractivity contribution is 0.445. The molecule has 3 N–H and O–H groups in total. The van der Waals surface area contributed by atoms with E-state index in [1.165, 1.54) is 18.6 Å². The smallest absolute Gasteiger partial charge is 0.238 e. The summed E-state index contributed by atoms with van der Waals surface area (Å²) in [5.41, 5.74) is 0.637. The van der Waals surface area contributed by atoms with E-state index in [2.05, 4.69) is 5.32 Å². The van der Waals surface area contributed by atoms with Gasteiger partial charge in [0.2, 0.25) is 10.0 Å². The number of hydrogen-bond acceptors (Lipinski definition) is 3. The Morgan fingerprint density at radius 2 is 2.06 bits per heavy atom. The van der Waals surface area contributed by atoms with Crippen LogP contribution >= 0.6 is 11.6 Å². The highest BCUT2D eigenvalue weighted by atomic mass is 35.5. The third-order valence-electron chi connectivity index (χ3n) is 2.73. The molecule has 0 heterocycles. The predicted molar refractivity (Wildman–Crippen MR) is 64.1 cm³/mol. The molecule has 16 heavy (non-hydrogen) atoms. The van der Waals surface area contributed by atoms with E-state index in [0.29, 0.717) is 16.8 Å². The summed E-state index contributed by atoms with van der Waals surface area (Å²) in [5, 5.41) is 8.77. The Bertz CT molecular complexity index is 498. The van der Waals surface area contributed by atoms with Crippen LogP contribution in [0.25, 0.3) is 0 Å². The lowest BCUT2D eigenvalue weighted by atomic mass is 9.93. The minimum Gasteiger partial charge on any atom is -0.381 e. The molecule has 2 rings (SSSR count). The van der Waals surface area contributed by atoms with Crippen molar-refractivity contribution >= 4 is 27.3 Å². The van der Waals surface area contributed by atoms with Gasteiger partial charge >= 0.3 is 0 Å². The van der Waals surface area contributed by atoms with Crippen LogP contribution in [0.5, 0.6) is 0 Å². The van der Waals surface area contributed by atoms with Crippen molar-refractivity contribution in [2.45, 2.75) is 30.2 Å². The molecule has 1 aromatic rings. The Morgan fingerprint density at radius 1 is 1.38 bits per heavy atom. The van der Waals surface area contributed by atoms with Crippen molar-refractivity contribution in [1.82, 2.24) is 0 Å². The first-order valence-corrected chi connectivity index (χ1v) is 6.98. The van der Waals surface area contributed by atoms with Crippen LogP contribution in [0.1, 0.15) is 19.3 Å². The fraction of sp³-hybridized carbons (Fsp3) is 0.400. The molecule has 0 saturated heterocycles. The molecule has 1 aliphatic rings. The van der Waals surface area contributed by atoms with Gasteiger partial charge in [0, 0.05) is 6.04 Å². The van der Waals surface area contributed by atoms with E-state index in [9.17, 15) is 8.42 Å². The van der Waals surface area contributed by atoms with Crippen LogP contribution in [0.2, 0.25) is 5.02 Å². The second-order valence-corrected chi connectivity index (χ2v) is 5.93. The maximum Gasteiger partial charge on any atom is 0.238 e. The largest absolute Gasteiger partial charge is 0.381 e. The standard InChI is InChI=1S/C10H13ClN2O2S/c11-9-5-4-8(16(12,14)15)6-10(9)13-7-2-1-3-7/h4-7,13H,1-3H2,(H2,12,14,15). The first-order valence-electron chi connectivity index (χ1n) is 5.06. The highest BCUT2D eigenvalue weighted by molar-refractivity contribution is 7.89. The lowest BCUT2D eigenvalue weighted by Gasteiger charge is -2.28. The Kier molecular flexibility index (Phi) is 3.10. The first kappa shape index (κ1) is 11.7. The second-order valence-electron chi connectivity index (χ2n) is 3.96. The molecule has 0 atom stereocenters. The first-order chi connectivity index (χ1) is 7.47. The predicted octanol–water partition coefficient (Wildman–Crippen LogP) is 1.95. The van der Waals surface area contributed by atoms with Gasteiger partial charge < -0.3 is 5.32 Å². The van der Waals surface area contributed by atoms with Gasteiger partial charge in [0.15, 0.2) is 0 Å². The van der Waals surface area contributed by atoms with E-state index in [4.69, 9.17) is 16.7 Å². The van der Waals surface area contributed by atoms with Gasteiger partial charge in [-0.2, -0.15) is 0 Å². The average Bonchev–Trinajstić information content (AvgIpc) is 2.11. The molecule has 4 nitrogen and oxygen atoms in total. The Morgan fingerprint density at radius 3 is 2.56 bits per heavy atom. The number of sulfonamides is 1. The van der Waals surface area contributed by atoms with Crippen LogP contribution in [0.3, 0.4) is 0 Å². The van der Waals surface area contributed by atoms with Crippen molar-refractivity contribution < 1.29 is 8.42 Å². The molecule has 0 spiro atoms. The van der Waals surface area contributed by atoms with Gasteiger partial charge in [0.25, 0.3) is 0 Å². The fourth-order valence-electron chi connectivity index (χ4n) is 1.56. The van der Waals surface area contributed by atoms with Gasteiger partial charge in [0.1, 0.15) is 0 Å². The van der Waals surface area contributed by atoms with Crippen molar-refractivity contribution in [2.75, 3.05) is 5.32 Å². The summed E-state index contributed by atoms with van der Waals surface area (Å²) >= 11 is 5.97. The molecule has 0 unspecified atom stereocenters. The lowest BCUT2D eigenvalue weighted by Crippen LogP contribution is -2.27. The van der Waals surface area contributed by atoms with Crippen molar-refractivity contribution in [2.24, 2.45) is 5.14 Å². The summed E-state index contributed by atoms with van der Waals surface area (Å²) in [5.74, 6) is 0. The van der Waals surface area contributed by atoms with Crippen LogP contribution < -0.4 is 10.5 Å². The summed E-state index contributed by atoms with van der Waals surface area (Å²) in [7, 11) is -3.67. The van der Waals surface area contributed by atoms with E-state index < -0.39 is 10.0 Å². The highest BCUT2D eigenvalue weighted by Gasteiger charge is 2.19. The normalized spacial score (nSPS) is 16.9. The SMILES string of the molecule is NS(=O)(=O)c1ccc(Cl)c(NC2CCC2)c1. The highest BCUT2D eigenvalue weighted by Crippen LogP contribution is 2.29. The molecule has 1 saturated carbocycles. The molecule has 6 heteroatoms. The Labute approximate surface area is 99.8 Å². The van der Waals surface area contributed by atoms with E-state index in [0.717, 1.165) is 12.8 Å². The van der Waals surface area contributed by atoms with Gasteiger partial charge in [0.05, 0.1) is 15.6 Å². The third kappa shape index (κ3) is 2.48. The van der Waals surface area contributed by atoms with Gasteiger partial charge in [-0.1, -0.05) is 11.6 Å². The summed E-state index contributed by atoms with van der Waals surface area (Å²) in [6.45, 7) is 0. The maximum atomic E-state index is 11.2. The van der Waals surface area contributed by atoms with Crippen LogP contribution in [0, 0.1) is 0 Å². The molecule has 1 fully saturated rings. The van der Waals surface area contributed by atoms with Crippen LogP contribution in [-0.4, -0.2) is 14.5 Å². The van der Waals surface area contributed by atoms with Gasteiger partial charge in [-0.05, 0) is 37.5 Å². The van der Waals surface area contributed by atoms with Gasteiger partial charge in [-0.25, -0.2) is 13.6 Å². The Balaban J connectivity index is 2.28. The van der Waals surface area contributed by atoms with Crippen molar-refractivity contribution in [3.8, 4) is 0 Å². The van der Waals surface area contributed by atoms with Crippen LogP contribution in [0.4, 0.5) is 5.69 Å². The summed E-state index contributed by atoms with van der Waals surface area (Å²) in [6, 6.07) is 4.83. The average molecular weight is 261 g/mol. The molecule has 1 aliphatic carbocycles. The van der Waals surface area contributed by atoms with Crippen LogP contribution in [0.15, 0.2) is 23.1 Å². The maximum absolute atomic E-state index is 11.2. The molecule has 0 amide bonds. The minimum atomic E-state index is -3.67. The zero-order chi connectivity index (χ0) is 11.8. The molecule has 0 aliphatic heterocycles. The molecule has 0 bridgehead atoms. The number of anilines is 1. The van der Waals surface area contributed by atoms with Crippen LogP contribution in [-0.2, 0) is 10.0 Å². The monoisotopic (exact) mass is 260 g/mol. The van der Waals surface area contributed by atoms with Crippen molar-refractivity contribution in [1.29, 1.82) is 0 Å². The molecule has 1 aromatic carbocycles. The van der Waals surface area contributed by atoms with E-state index in [1.807, 2.05) is 0 Å². The second kappa shape index (κ2) is 4.24. The minimum absolute atomic E-state index is 0.0822. The zero-order valence-electron chi connectivity index (χ0n) is 8.61. The summed E-state index contributed by atoms with van der Waals surface area (Å²) in [4.78, 5) is 0.0822. The third-order valence-corrected chi connectivity index (χ3v) is 3.97. The van der Waals surface area contributed by atoms with Crippen molar-refractivity contribution in [3.05, 3.63) is 23.2 Å². The fourth-order valence-corrected chi connectivity index (χ4v) is 2.28. The number of rotatable bonds is 3. The zero-order valence-corrected chi connectivity index (χ0v) is 10.2. The Hall–Kier alpha value is -0.780. The number of nitrogens with two attached hydrogens (primary N) is 1. The summed E-state index contributed by atoms with van der Waals surface area (Å²) < 4.78 is 22.3. The van der Waals surface area contributed by atoms with Gasteiger partial charge in [-0.15, -0.1) is 0 Å². The van der Waals surface area contributed by atoms with Crippen molar-refractivity contribution in [3.63, 3.8) is 0 Å². The van der Waals surface area contributed by atoms with E-state index in [-0.39, 0.29) is 4.90 Å². The molecule has 0 radical (unpaired) electrons. The topological polar surface area (TPSA) is 72.2 Å². The number of benzene rings is 1. The number of halogens is 1. The number of nitrogens with one attached hydrogen (secondary N) is 1.